The summed E-state index contributed by atoms with van der Waals surface area (Å²) in [6.07, 6.45) is 0.438. The summed E-state index contributed by atoms with van der Waals surface area (Å²) in [7, 11) is 1.64. The van der Waals surface area contributed by atoms with E-state index < -0.39 is 0 Å². The van der Waals surface area contributed by atoms with Crippen LogP contribution in [0.25, 0.3) is 0 Å². The maximum atomic E-state index is 5.29. The van der Waals surface area contributed by atoms with Crippen molar-refractivity contribution in [2.24, 2.45) is 0 Å². The molecule has 78 valence electrons. The highest BCUT2D eigenvalue weighted by molar-refractivity contribution is 4.75. The first-order valence-corrected chi connectivity index (χ1v) is 4.61. The summed E-state index contributed by atoms with van der Waals surface area (Å²) < 4.78 is 19.8. The minimum atomic E-state index is -0.0150. The van der Waals surface area contributed by atoms with Crippen molar-refractivity contribution in [1.82, 2.24) is 0 Å². The molecule has 2 rings (SSSR count). The van der Waals surface area contributed by atoms with E-state index in [1.54, 1.807) is 7.11 Å². The van der Waals surface area contributed by atoms with Gasteiger partial charge in [0.25, 0.3) is 0 Å². The highest BCUT2D eigenvalue weighted by atomic mass is 16.8. The van der Waals surface area contributed by atoms with Crippen LogP contribution < -0.4 is 0 Å². The standard InChI is InChI=1S/C7H14O3.C2H4O/c1-5(2)9-4-6-7(8-3)10-6;1-2-3-1/h5-7H,4H2,1-3H3;1-2H2. The molecule has 0 aromatic heterocycles. The quantitative estimate of drug-likeness (QED) is 0.615. The maximum absolute atomic E-state index is 5.29. The van der Waals surface area contributed by atoms with Crippen LogP contribution in [0.3, 0.4) is 0 Å². The van der Waals surface area contributed by atoms with Gasteiger partial charge < -0.3 is 18.9 Å². The average Bonchev–Trinajstić information content (AvgIpc) is 2.94. The van der Waals surface area contributed by atoms with Gasteiger partial charge in [-0.1, -0.05) is 0 Å². The predicted octanol–water partition coefficient (Wildman–Crippen LogP) is 0.799. The van der Waals surface area contributed by atoms with Gasteiger partial charge in [-0.15, -0.1) is 0 Å². The van der Waals surface area contributed by atoms with E-state index >= 15 is 0 Å². The van der Waals surface area contributed by atoms with Gasteiger partial charge in [0, 0.05) is 7.11 Å². The fourth-order valence-electron chi connectivity index (χ4n) is 0.739. The van der Waals surface area contributed by atoms with Gasteiger partial charge in [0.1, 0.15) is 6.10 Å². The lowest BCUT2D eigenvalue weighted by Gasteiger charge is -2.03. The molecule has 4 heteroatoms. The first-order valence-electron chi connectivity index (χ1n) is 4.61. The van der Waals surface area contributed by atoms with Gasteiger partial charge in [-0.05, 0) is 13.8 Å². The predicted molar refractivity (Wildman–Crippen MR) is 47.6 cm³/mol. The summed E-state index contributed by atoms with van der Waals surface area (Å²) >= 11 is 0. The van der Waals surface area contributed by atoms with E-state index in [2.05, 4.69) is 4.74 Å². The molecule has 2 saturated heterocycles. The maximum Gasteiger partial charge on any atom is 0.186 e. The highest BCUT2D eigenvalue weighted by Crippen LogP contribution is 2.22. The summed E-state index contributed by atoms with van der Waals surface area (Å²) in [4.78, 5) is 0. The van der Waals surface area contributed by atoms with E-state index in [0.29, 0.717) is 6.61 Å². The van der Waals surface area contributed by atoms with E-state index in [9.17, 15) is 0 Å². The molecule has 0 aliphatic carbocycles. The molecule has 0 radical (unpaired) electrons. The van der Waals surface area contributed by atoms with Crippen molar-refractivity contribution in [2.75, 3.05) is 26.9 Å². The Morgan fingerprint density at radius 2 is 2.00 bits per heavy atom. The van der Waals surface area contributed by atoms with E-state index in [1.165, 1.54) is 0 Å². The Balaban J connectivity index is 0.000000236. The van der Waals surface area contributed by atoms with E-state index in [0.717, 1.165) is 13.2 Å². The minimum Gasteiger partial charge on any atom is -0.377 e. The molecule has 4 nitrogen and oxygen atoms in total. The van der Waals surface area contributed by atoms with Gasteiger partial charge in [-0.3, -0.25) is 0 Å². The van der Waals surface area contributed by atoms with Crippen LogP contribution in [0.4, 0.5) is 0 Å². The van der Waals surface area contributed by atoms with Crippen LogP contribution in [0.5, 0.6) is 0 Å². The molecule has 0 bridgehead atoms. The molecule has 13 heavy (non-hydrogen) atoms. The van der Waals surface area contributed by atoms with Crippen molar-refractivity contribution in [3.8, 4) is 0 Å². The smallest absolute Gasteiger partial charge is 0.186 e. The Kier molecular flexibility index (Phi) is 4.66. The zero-order valence-electron chi connectivity index (χ0n) is 8.49. The Bertz CT molecular complexity index is 133. The molecule has 0 N–H and O–H groups in total. The summed E-state index contributed by atoms with van der Waals surface area (Å²) in [5, 5.41) is 0. The van der Waals surface area contributed by atoms with Crippen LogP contribution >= 0.6 is 0 Å². The van der Waals surface area contributed by atoms with Crippen molar-refractivity contribution in [1.29, 1.82) is 0 Å². The molecule has 0 aromatic carbocycles. The fraction of sp³-hybridized carbons (Fsp3) is 1.00. The van der Waals surface area contributed by atoms with Gasteiger partial charge in [-0.2, -0.15) is 0 Å². The molecule has 0 amide bonds. The lowest BCUT2D eigenvalue weighted by molar-refractivity contribution is 0.0661. The van der Waals surface area contributed by atoms with E-state index in [1.807, 2.05) is 13.8 Å². The third kappa shape index (κ3) is 5.99. The first kappa shape index (κ1) is 10.9. The minimum absolute atomic E-state index is 0.0150. The van der Waals surface area contributed by atoms with E-state index in [4.69, 9.17) is 14.2 Å². The van der Waals surface area contributed by atoms with Crippen molar-refractivity contribution in [3.63, 3.8) is 0 Å². The third-order valence-electron chi connectivity index (χ3n) is 1.57. The normalized spacial score (nSPS) is 29.5. The molecular weight excluding hydrogens is 172 g/mol. The lowest BCUT2D eigenvalue weighted by Crippen LogP contribution is -2.10. The molecule has 2 fully saturated rings. The molecule has 2 atom stereocenters. The van der Waals surface area contributed by atoms with E-state index in [-0.39, 0.29) is 18.5 Å². The molecule has 2 aliphatic heterocycles. The van der Waals surface area contributed by atoms with Gasteiger partial charge in [0.2, 0.25) is 0 Å². The first-order chi connectivity index (χ1) is 6.24. The molecule has 0 spiro atoms. The summed E-state index contributed by atoms with van der Waals surface area (Å²) in [5.41, 5.74) is 0. The number of rotatable bonds is 4. The largest absolute Gasteiger partial charge is 0.377 e. The topological polar surface area (TPSA) is 43.5 Å². The van der Waals surface area contributed by atoms with Crippen molar-refractivity contribution in [3.05, 3.63) is 0 Å². The monoisotopic (exact) mass is 190 g/mol. The van der Waals surface area contributed by atoms with Crippen molar-refractivity contribution >= 4 is 0 Å². The SMILES string of the molecule is C1CO1.COC1OC1COC(C)C. The Morgan fingerprint density at radius 1 is 1.38 bits per heavy atom. The molecule has 2 aliphatic rings. The van der Waals surface area contributed by atoms with Crippen LogP contribution in [0, 0.1) is 0 Å². The number of epoxide rings is 2. The zero-order valence-corrected chi connectivity index (χ0v) is 8.49. The molecule has 0 saturated carbocycles. The number of hydrogen-bond acceptors (Lipinski definition) is 4. The van der Waals surface area contributed by atoms with Crippen molar-refractivity contribution < 1.29 is 18.9 Å². The Hall–Kier alpha value is -0.160. The molecule has 0 aromatic rings. The number of ether oxygens (including phenoxy) is 4. The number of methoxy groups -OCH3 is 1. The fourth-order valence-corrected chi connectivity index (χ4v) is 0.739. The summed E-state index contributed by atoms with van der Waals surface area (Å²) in [5.74, 6) is 0. The van der Waals surface area contributed by atoms with Crippen LogP contribution in [0.2, 0.25) is 0 Å². The second kappa shape index (κ2) is 5.54. The number of hydrogen-bond donors (Lipinski definition) is 0. The Labute approximate surface area is 79.1 Å². The van der Waals surface area contributed by atoms with Crippen molar-refractivity contribution in [2.45, 2.75) is 32.3 Å². The second-order valence-electron chi connectivity index (χ2n) is 3.27. The molecule has 2 heterocycles. The lowest BCUT2D eigenvalue weighted by atomic mass is 10.4. The van der Waals surface area contributed by atoms with Gasteiger partial charge >= 0.3 is 0 Å². The average molecular weight is 190 g/mol. The molecular formula is C9H18O4. The van der Waals surface area contributed by atoms with Crippen LogP contribution in [-0.2, 0) is 18.9 Å². The van der Waals surface area contributed by atoms with Crippen LogP contribution in [-0.4, -0.2) is 45.4 Å². The van der Waals surface area contributed by atoms with Crippen LogP contribution in [0.1, 0.15) is 13.8 Å². The highest BCUT2D eigenvalue weighted by Gasteiger charge is 2.39. The van der Waals surface area contributed by atoms with Crippen LogP contribution in [0.15, 0.2) is 0 Å². The zero-order chi connectivity index (χ0) is 9.68. The second-order valence-corrected chi connectivity index (χ2v) is 3.27. The van der Waals surface area contributed by atoms with Gasteiger partial charge in [0.05, 0.1) is 25.9 Å². The summed E-state index contributed by atoms with van der Waals surface area (Å²) in [6, 6.07) is 0. The van der Waals surface area contributed by atoms with Gasteiger partial charge in [-0.25, -0.2) is 0 Å². The van der Waals surface area contributed by atoms with Gasteiger partial charge in [0.15, 0.2) is 6.29 Å². The molecule has 2 unspecified atom stereocenters. The summed E-state index contributed by atoms with van der Waals surface area (Å²) in [6.45, 7) is 6.66. The third-order valence-corrected chi connectivity index (χ3v) is 1.57. The Morgan fingerprint density at radius 3 is 2.31 bits per heavy atom.